The fourth-order valence-corrected chi connectivity index (χ4v) is 3.19. The third-order valence-corrected chi connectivity index (χ3v) is 4.76. The highest BCUT2D eigenvalue weighted by atomic mass is 35.5. The highest BCUT2D eigenvalue weighted by Gasteiger charge is 2.27. The van der Waals surface area contributed by atoms with Gasteiger partial charge in [-0.15, -0.1) is 0 Å². The summed E-state index contributed by atoms with van der Waals surface area (Å²) < 4.78 is 31.0. The molecule has 0 spiro atoms. The minimum Gasteiger partial charge on any atom is -0.452 e. The van der Waals surface area contributed by atoms with E-state index in [0.717, 1.165) is 18.2 Å². The van der Waals surface area contributed by atoms with Gasteiger partial charge in [-0.1, -0.05) is 11.6 Å². The molecule has 1 aliphatic rings. The smallest absolute Gasteiger partial charge is 0.340 e. The van der Waals surface area contributed by atoms with Crippen LogP contribution < -0.4 is 15.5 Å². The molecule has 0 aromatic heterocycles. The number of anilines is 2. The van der Waals surface area contributed by atoms with Gasteiger partial charge in [0.25, 0.3) is 5.91 Å². The largest absolute Gasteiger partial charge is 0.452 e. The van der Waals surface area contributed by atoms with Crippen LogP contribution in [-0.2, 0) is 19.1 Å². The van der Waals surface area contributed by atoms with Crippen LogP contribution in [0.2, 0.25) is 5.02 Å². The zero-order chi connectivity index (χ0) is 23.3. The van der Waals surface area contributed by atoms with Crippen LogP contribution in [0.1, 0.15) is 23.2 Å². The van der Waals surface area contributed by atoms with Crippen LogP contribution in [-0.4, -0.2) is 43.4 Å². The predicted molar refractivity (Wildman–Crippen MR) is 111 cm³/mol. The molecule has 1 saturated heterocycles. The maximum Gasteiger partial charge on any atom is 0.340 e. The Kier molecular flexibility index (Phi) is 7.37. The first-order chi connectivity index (χ1) is 15.2. The molecular formula is C21H18ClF2N3O5. The molecule has 2 aromatic carbocycles. The lowest BCUT2D eigenvalue weighted by molar-refractivity contribution is -0.126. The number of hydrogen-bond donors (Lipinski definition) is 2. The van der Waals surface area contributed by atoms with Crippen molar-refractivity contribution in [3.05, 3.63) is 58.6 Å². The Morgan fingerprint density at radius 1 is 1.06 bits per heavy atom. The minimum atomic E-state index is -1.13. The van der Waals surface area contributed by atoms with Crippen molar-refractivity contribution >= 4 is 46.7 Å². The second-order valence-electron chi connectivity index (χ2n) is 6.84. The Bertz CT molecular complexity index is 1080. The van der Waals surface area contributed by atoms with Crippen molar-refractivity contribution in [1.29, 1.82) is 0 Å². The van der Waals surface area contributed by atoms with Crippen LogP contribution in [0.5, 0.6) is 0 Å². The fraction of sp³-hybridized carbons (Fsp3) is 0.238. The van der Waals surface area contributed by atoms with Crippen molar-refractivity contribution in [1.82, 2.24) is 5.32 Å². The Hall–Kier alpha value is -3.53. The highest BCUT2D eigenvalue weighted by molar-refractivity contribution is 6.31. The number of nitrogens with one attached hydrogen (secondary N) is 2. The molecule has 1 aliphatic heterocycles. The van der Waals surface area contributed by atoms with Gasteiger partial charge < -0.3 is 20.3 Å². The maximum absolute atomic E-state index is 13.2. The number of amides is 3. The number of nitrogens with zero attached hydrogens (tertiary/aromatic N) is 1. The van der Waals surface area contributed by atoms with E-state index in [4.69, 9.17) is 16.3 Å². The Labute approximate surface area is 186 Å². The average molecular weight is 466 g/mol. The summed E-state index contributed by atoms with van der Waals surface area (Å²) in [7, 11) is 0. The van der Waals surface area contributed by atoms with Crippen molar-refractivity contribution in [2.75, 3.05) is 29.9 Å². The van der Waals surface area contributed by atoms with Gasteiger partial charge in [0.1, 0.15) is 0 Å². The van der Waals surface area contributed by atoms with Crippen molar-refractivity contribution in [2.45, 2.75) is 12.8 Å². The molecule has 0 unspecified atom stereocenters. The van der Waals surface area contributed by atoms with E-state index in [1.54, 1.807) is 0 Å². The van der Waals surface area contributed by atoms with Crippen molar-refractivity contribution in [3.8, 4) is 0 Å². The van der Waals surface area contributed by atoms with Gasteiger partial charge in [-0.05, 0) is 36.8 Å². The normalized spacial score (nSPS) is 13.1. The maximum atomic E-state index is 13.2. The second-order valence-corrected chi connectivity index (χ2v) is 7.28. The van der Waals surface area contributed by atoms with E-state index in [9.17, 15) is 28.0 Å². The fourth-order valence-electron chi connectivity index (χ4n) is 3.02. The van der Waals surface area contributed by atoms with E-state index in [0.29, 0.717) is 30.1 Å². The Morgan fingerprint density at radius 2 is 1.84 bits per heavy atom. The predicted octanol–water partition coefficient (Wildman–Crippen LogP) is 2.66. The van der Waals surface area contributed by atoms with Crippen molar-refractivity contribution in [2.24, 2.45) is 0 Å². The molecule has 0 saturated carbocycles. The number of benzene rings is 2. The van der Waals surface area contributed by atoms with E-state index in [2.05, 4.69) is 10.6 Å². The highest BCUT2D eigenvalue weighted by Crippen LogP contribution is 2.29. The zero-order valence-electron chi connectivity index (χ0n) is 16.6. The van der Waals surface area contributed by atoms with Crippen LogP contribution >= 0.6 is 11.6 Å². The first kappa shape index (κ1) is 23.1. The van der Waals surface area contributed by atoms with E-state index in [-0.39, 0.29) is 17.2 Å². The van der Waals surface area contributed by atoms with E-state index in [1.807, 2.05) is 0 Å². The van der Waals surface area contributed by atoms with Crippen LogP contribution in [0.25, 0.3) is 0 Å². The molecule has 3 amide bonds. The first-order valence-electron chi connectivity index (χ1n) is 9.53. The Morgan fingerprint density at radius 3 is 2.53 bits per heavy atom. The number of hydrogen-bond acceptors (Lipinski definition) is 5. The van der Waals surface area contributed by atoms with E-state index >= 15 is 0 Å². The number of carbonyl (C=O) groups is 4. The summed E-state index contributed by atoms with van der Waals surface area (Å²) in [6.07, 6.45) is 1.00. The molecule has 0 atom stereocenters. The standard InChI is InChI=1S/C21H18ClF2N3O5/c22-12-3-5-14(17(8-12)27-7-1-2-20(27)30)21(31)32-11-19(29)25-10-18(28)26-13-4-6-15(23)16(24)9-13/h3-6,8-9H,1-2,7,10-11H2,(H,25,29)(H,26,28). The summed E-state index contributed by atoms with van der Waals surface area (Å²) in [5.41, 5.74) is 0.395. The second kappa shape index (κ2) is 10.2. The van der Waals surface area contributed by atoms with Gasteiger partial charge in [0.15, 0.2) is 18.2 Å². The van der Waals surface area contributed by atoms with Gasteiger partial charge in [-0.2, -0.15) is 0 Å². The van der Waals surface area contributed by atoms with E-state index < -0.39 is 42.6 Å². The summed E-state index contributed by atoms with van der Waals surface area (Å²) in [6.45, 7) is -0.718. The molecule has 2 N–H and O–H groups in total. The van der Waals surface area contributed by atoms with Crippen LogP contribution in [0.4, 0.5) is 20.2 Å². The van der Waals surface area contributed by atoms with Gasteiger partial charge in [0.05, 0.1) is 17.8 Å². The number of ether oxygens (including phenoxy) is 1. The topological polar surface area (TPSA) is 105 Å². The van der Waals surface area contributed by atoms with Gasteiger partial charge >= 0.3 is 5.97 Å². The van der Waals surface area contributed by atoms with Crippen molar-refractivity contribution < 1.29 is 32.7 Å². The molecule has 2 aromatic rings. The molecule has 1 fully saturated rings. The molecule has 32 heavy (non-hydrogen) atoms. The van der Waals surface area contributed by atoms with E-state index in [1.165, 1.54) is 23.1 Å². The molecule has 0 bridgehead atoms. The lowest BCUT2D eigenvalue weighted by Gasteiger charge is -2.19. The number of esters is 1. The third kappa shape index (κ3) is 5.79. The molecule has 1 heterocycles. The lowest BCUT2D eigenvalue weighted by Crippen LogP contribution is -2.35. The number of rotatable bonds is 7. The molecule has 0 aliphatic carbocycles. The number of carbonyl (C=O) groups excluding carboxylic acids is 4. The minimum absolute atomic E-state index is 0.0151. The van der Waals surface area contributed by atoms with Gasteiger partial charge in [0, 0.05) is 29.7 Å². The summed E-state index contributed by atoms with van der Waals surface area (Å²) in [5.74, 6) is -4.62. The van der Waals surface area contributed by atoms with Gasteiger partial charge in [0.2, 0.25) is 11.8 Å². The molecule has 11 heteroatoms. The van der Waals surface area contributed by atoms with Gasteiger partial charge in [-0.3, -0.25) is 14.4 Å². The molecular weight excluding hydrogens is 448 g/mol. The molecule has 3 rings (SSSR count). The summed E-state index contributed by atoms with van der Waals surface area (Å²) in [4.78, 5) is 49.7. The summed E-state index contributed by atoms with van der Waals surface area (Å²) >= 11 is 5.99. The zero-order valence-corrected chi connectivity index (χ0v) is 17.4. The monoisotopic (exact) mass is 465 g/mol. The Balaban J connectivity index is 1.51. The molecule has 8 nitrogen and oxygen atoms in total. The van der Waals surface area contributed by atoms with Crippen molar-refractivity contribution in [3.63, 3.8) is 0 Å². The summed E-state index contributed by atoms with van der Waals surface area (Å²) in [6, 6.07) is 7.15. The van der Waals surface area contributed by atoms with Gasteiger partial charge in [-0.25, -0.2) is 13.6 Å². The number of halogens is 3. The SMILES string of the molecule is O=C(COC(=O)c1ccc(Cl)cc1N1CCCC1=O)NCC(=O)Nc1ccc(F)c(F)c1. The average Bonchev–Trinajstić information content (AvgIpc) is 3.18. The van der Waals surface area contributed by atoms with Crippen LogP contribution in [0.15, 0.2) is 36.4 Å². The first-order valence-corrected chi connectivity index (χ1v) is 9.91. The van der Waals surface area contributed by atoms with Crippen LogP contribution in [0.3, 0.4) is 0 Å². The lowest BCUT2D eigenvalue weighted by atomic mass is 10.1. The molecule has 168 valence electrons. The van der Waals surface area contributed by atoms with Crippen LogP contribution in [0, 0.1) is 11.6 Å². The molecule has 0 radical (unpaired) electrons. The third-order valence-electron chi connectivity index (χ3n) is 4.53. The quantitative estimate of drug-likeness (QED) is 0.612. The summed E-state index contributed by atoms with van der Waals surface area (Å²) in [5, 5.41) is 4.86.